The highest BCUT2D eigenvalue weighted by atomic mass is 16.3. The zero-order chi connectivity index (χ0) is 33.7. The highest BCUT2D eigenvalue weighted by Crippen LogP contribution is 2.39. The Bertz CT molecular complexity index is 2910. The average Bonchev–Trinajstić information content (AvgIpc) is 3.60. The summed E-state index contributed by atoms with van der Waals surface area (Å²) in [5, 5.41) is 6.74. The molecule has 4 heteroatoms. The van der Waals surface area contributed by atoms with Gasteiger partial charge in [0.1, 0.15) is 11.2 Å². The first-order valence-corrected chi connectivity index (χ1v) is 17.1. The SMILES string of the molecule is c1ccc(-c2cccc(-c3nc(-c4ccc5cc(-c6ccccc6)c6ccccc6c5c4)nc(-c4cccc5oc6ccccc6c45)n3)c2)cc1. The predicted octanol–water partition coefficient (Wildman–Crippen LogP) is 12.4. The van der Waals surface area contributed by atoms with Gasteiger partial charge in [-0.25, -0.2) is 15.0 Å². The molecule has 0 fully saturated rings. The molecule has 2 heterocycles. The number of fused-ring (bicyclic) bond motifs is 6. The molecule has 0 aliphatic rings. The Labute approximate surface area is 294 Å². The molecule has 4 nitrogen and oxygen atoms in total. The topological polar surface area (TPSA) is 51.8 Å². The van der Waals surface area contributed by atoms with Crippen molar-refractivity contribution >= 4 is 43.5 Å². The molecule has 0 saturated carbocycles. The van der Waals surface area contributed by atoms with Crippen molar-refractivity contribution in [1.29, 1.82) is 0 Å². The number of benzene rings is 8. The normalized spacial score (nSPS) is 11.5. The third kappa shape index (κ3) is 5.04. The molecular formula is C47H29N3O. The molecule has 0 radical (unpaired) electrons. The number of hydrogen-bond acceptors (Lipinski definition) is 4. The van der Waals surface area contributed by atoms with Gasteiger partial charge >= 0.3 is 0 Å². The fourth-order valence-electron chi connectivity index (χ4n) is 7.28. The Kier molecular flexibility index (Phi) is 6.78. The van der Waals surface area contributed by atoms with E-state index in [1.165, 1.54) is 21.9 Å². The van der Waals surface area contributed by atoms with Crippen LogP contribution in [-0.2, 0) is 0 Å². The molecule has 0 bridgehead atoms. The third-order valence-electron chi connectivity index (χ3n) is 9.71. The predicted molar refractivity (Wildman–Crippen MR) is 209 cm³/mol. The molecule has 0 N–H and O–H groups in total. The lowest BCUT2D eigenvalue weighted by Gasteiger charge is -2.13. The second-order valence-electron chi connectivity index (χ2n) is 12.8. The quantitative estimate of drug-likeness (QED) is 0.174. The molecule has 8 aromatic carbocycles. The molecule has 238 valence electrons. The highest BCUT2D eigenvalue weighted by molar-refractivity contribution is 6.15. The second kappa shape index (κ2) is 11.9. The van der Waals surface area contributed by atoms with Crippen LogP contribution in [0.3, 0.4) is 0 Å². The van der Waals surface area contributed by atoms with Gasteiger partial charge in [0, 0.05) is 27.5 Å². The van der Waals surface area contributed by atoms with Gasteiger partial charge in [0.15, 0.2) is 17.5 Å². The second-order valence-corrected chi connectivity index (χ2v) is 12.8. The van der Waals surface area contributed by atoms with Crippen molar-refractivity contribution in [2.75, 3.05) is 0 Å². The number of hydrogen-bond donors (Lipinski definition) is 0. The van der Waals surface area contributed by atoms with Crippen LogP contribution in [0.5, 0.6) is 0 Å². The summed E-state index contributed by atoms with van der Waals surface area (Å²) >= 11 is 0. The van der Waals surface area contributed by atoms with Gasteiger partial charge in [-0.15, -0.1) is 0 Å². The van der Waals surface area contributed by atoms with Crippen LogP contribution in [0.1, 0.15) is 0 Å². The van der Waals surface area contributed by atoms with E-state index in [4.69, 9.17) is 19.4 Å². The fourth-order valence-corrected chi connectivity index (χ4v) is 7.28. The molecule has 0 atom stereocenters. The molecule has 0 aliphatic carbocycles. The molecule has 0 aliphatic heterocycles. The lowest BCUT2D eigenvalue weighted by molar-refractivity contribution is 0.669. The number of para-hydroxylation sites is 1. The lowest BCUT2D eigenvalue weighted by Crippen LogP contribution is -2.00. The van der Waals surface area contributed by atoms with Crippen LogP contribution >= 0.6 is 0 Å². The highest BCUT2D eigenvalue weighted by Gasteiger charge is 2.19. The minimum absolute atomic E-state index is 0.599. The van der Waals surface area contributed by atoms with Crippen molar-refractivity contribution in [1.82, 2.24) is 15.0 Å². The first-order chi connectivity index (χ1) is 25.3. The van der Waals surface area contributed by atoms with Crippen LogP contribution in [0.2, 0.25) is 0 Å². The summed E-state index contributed by atoms with van der Waals surface area (Å²) in [7, 11) is 0. The summed E-state index contributed by atoms with van der Waals surface area (Å²) in [6.07, 6.45) is 0. The Morgan fingerprint density at radius 1 is 0.314 bits per heavy atom. The smallest absolute Gasteiger partial charge is 0.164 e. The number of rotatable bonds is 5. The van der Waals surface area contributed by atoms with E-state index in [9.17, 15) is 0 Å². The molecule has 2 aromatic heterocycles. The Morgan fingerprint density at radius 2 is 0.902 bits per heavy atom. The third-order valence-corrected chi connectivity index (χ3v) is 9.71. The maximum absolute atomic E-state index is 6.27. The summed E-state index contributed by atoms with van der Waals surface area (Å²) in [6.45, 7) is 0. The molecular weight excluding hydrogens is 623 g/mol. The maximum Gasteiger partial charge on any atom is 0.164 e. The van der Waals surface area contributed by atoms with Crippen LogP contribution in [-0.4, -0.2) is 15.0 Å². The van der Waals surface area contributed by atoms with E-state index in [1.54, 1.807) is 0 Å². The van der Waals surface area contributed by atoms with Crippen molar-refractivity contribution in [3.05, 3.63) is 176 Å². The standard InChI is InChI=1S/C47H29N3O/c1-3-13-30(14-4-1)32-17-11-18-34(27-32)45-48-46(50-47(49-45)39-22-12-24-43-44(39)38-21-9-10-23-42(38)51-43)35-26-25-33-28-40(31-15-5-2-6-16-31)36-19-7-8-20-37(36)41(33)29-35/h1-29H. The summed E-state index contributed by atoms with van der Waals surface area (Å²) in [5.41, 5.74) is 9.04. The van der Waals surface area contributed by atoms with Crippen LogP contribution in [0.25, 0.3) is 99.9 Å². The van der Waals surface area contributed by atoms with Gasteiger partial charge in [-0.05, 0) is 74.1 Å². The molecule has 10 aromatic rings. The van der Waals surface area contributed by atoms with Gasteiger partial charge in [0.25, 0.3) is 0 Å². The molecule has 10 rings (SSSR count). The van der Waals surface area contributed by atoms with Crippen molar-refractivity contribution in [3.63, 3.8) is 0 Å². The average molecular weight is 652 g/mol. The first-order valence-electron chi connectivity index (χ1n) is 17.1. The van der Waals surface area contributed by atoms with E-state index in [2.05, 4.69) is 140 Å². The Hall–Kier alpha value is -6.91. The summed E-state index contributed by atoms with van der Waals surface area (Å²) in [4.78, 5) is 15.5. The fraction of sp³-hybridized carbons (Fsp3) is 0. The number of nitrogens with zero attached hydrogens (tertiary/aromatic N) is 3. The van der Waals surface area contributed by atoms with E-state index in [1.807, 2.05) is 36.4 Å². The summed E-state index contributed by atoms with van der Waals surface area (Å²) in [6, 6.07) is 61.1. The minimum atomic E-state index is 0.599. The Balaban J connectivity index is 1.21. The van der Waals surface area contributed by atoms with Crippen LogP contribution in [0.15, 0.2) is 180 Å². The van der Waals surface area contributed by atoms with E-state index in [-0.39, 0.29) is 0 Å². The van der Waals surface area contributed by atoms with E-state index >= 15 is 0 Å². The molecule has 51 heavy (non-hydrogen) atoms. The maximum atomic E-state index is 6.27. The van der Waals surface area contributed by atoms with Gasteiger partial charge in [0.2, 0.25) is 0 Å². The molecule has 0 amide bonds. The van der Waals surface area contributed by atoms with Crippen LogP contribution < -0.4 is 0 Å². The lowest BCUT2D eigenvalue weighted by atomic mass is 9.92. The van der Waals surface area contributed by atoms with Gasteiger partial charge in [-0.3, -0.25) is 0 Å². The summed E-state index contributed by atoms with van der Waals surface area (Å²) in [5.74, 6) is 1.83. The number of aromatic nitrogens is 3. The van der Waals surface area contributed by atoms with Gasteiger partial charge in [-0.1, -0.05) is 146 Å². The Morgan fingerprint density at radius 3 is 1.71 bits per heavy atom. The minimum Gasteiger partial charge on any atom is -0.456 e. The van der Waals surface area contributed by atoms with Crippen molar-refractivity contribution in [2.24, 2.45) is 0 Å². The van der Waals surface area contributed by atoms with Gasteiger partial charge in [0.05, 0.1) is 0 Å². The van der Waals surface area contributed by atoms with E-state index in [0.717, 1.165) is 60.5 Å². The monoisotopic (exact) mass is 651 g/mol. The zero-order valence-corrected chi connectivity index (χ0v) is 27.5. The van der Waals surface area contributed by atoms with Gasteiger partial charge < -0.3 is 4.42 Å². The molecule has 0 saturated heterocycles. The van der Waals surface area contributed by atoms with Crippen LogP contribution in [0.4, 0.5) is 0 Å². The van der Waals surface area contributed by atoms with Crippen molar-refractivity contribution in [3.8, 4) is 56.4 Å². The first kappa shape index (κ1) is 29.0. The van der Waals surface area contributed by atoms with Gasteiger partial charge in [-0.2, -0.15) is 0 Å². The molecule has 0 unspecified atom stereocenters. The van der Waals surface area contributed by atoms with E-state index in [0.29, 0.717) is 17.5 Å². The van der Waals surface area contributed by atoms with E-state index < -0.39 is 0 Å². The molecule has 0 spiro atoms. The summed E-state index contributed by atoms with van der Waals surface area (Å²) < 4.78 is 6.27. The van der Waals surface area contributed by atoms with Crippen molar-refractivity contribution in [2.45, 2.75) is 0 Å². The number of furan rings is 1. The van der Waals surface area contributed by atoms with Crippen molar-refractivity contribution < 1.29 is 4.42 Å². The largest absolute Gasteiger partial charge is 0.456 e. The zero-order valence-electron chi connectivity index (χ0n) is 27.5. The van der Waals surface area contributed by atoms with Crippen LogP contribution in [0, 0.1) is 0 Å².